The van der Waals surface area contributed by atoms with Gasteiger partial charge in [-0.15, -0.1) is 0 Å². The van der Waals surface area contributed by atoms with Crippen molar-refractivity contribution in [1.29, 1.82) is 0 Å². The summed E-state index contributed by atoms with van der Waals surface area (Å²) >= 11 is 6.55. The molecule has 2 aromatic carbocycles. The number of rotatable bonds is 4. The van der Waals surface area contributed by atoms with Gasteiger partial charge in [0.25, 0.3) is 5.91 Å². The van der Waals surface area contributed by atoms with Crippen molar-refractivity contribution in [3.8, 4) is 5.69 Å². The first-order valence-electron chi connectivity index (χ1n) is 13.2. The van der Waals surface area contributed by atoms with E-state index < -0.39 is 0 Å². The van der Waals surface area contributed by atoms with E-state index in [2.05, 4.69) is 4.90 Å². The van der Waals surface area contributed by atoms with Crippen LogP contribution in [0.15, 0.2) is 54.7 Å². The summed E-state index contributed by atoms with van der Waals surface area (Å²) in [5.41, 5.74) is 3.49. The molecule has 7 nitrogen and oxygen atoms in total. The molecule has 2 aliphatic rings. The van der Waals surface area contributed by atoms with Crippen molar-refractivity contribution in [2.45, 2.75) is 44.9 Å². The molecule has 2 fully saturated rings. The molecule has 3 heterocycles. The maximum absolute atomic E-state index is 13.1. The zero-order valence-electron chi connectivity index (χ0n) is 21.1. The van der Waals surface area contributed by atoms with E-state index in [4.69, 9.17) is 26.7 Å². The van der Waals surface area contributed by atoms with Gasteiger partial charge >= 0.3 is 0 Å². The topological polar surface area (TPSA) is 67.2 Å². The Morgan fingerprint density at radius 3 is 2.38 bits per heavy atom. The van der Waals surface area contributed by atoms with Crippen LogP contribution in [0.4, 0.5) is 5.82 Å². The van der Waals surface area contributed by atoms with Crippen LogP contribution in [0.1, 0.15) is 59.8 Å². The van der Waals surface area contributed by atoms with Gasteiger partial charge in [0.15, 0.2) is 5.65 Å². The van der Waals surface area contributed by atoms with Crippen molar-refractivity contribution >= 4 is 34.4 Å². The van der Waals surface area contributed by atoms with E-state index in [1.54, 1.807) is 0 Å². The molecule has 1 saturated carbocycles. The Balaban J connectivity index is 1.33. The quantitative estimate of drug-likeness (QED) is 0.345. The number of fused-ring (bicyclic) bond motifs is 1. The molecule has 0 unspecified atom stereocenters. The number of aromatic nitrogens is 4. The van der Waals surface area contributed by atoms with Gasteiger partial charge in [-0.25, -0.2) is 14.6 Å². The summed E-state index contributed by atoms with van der Waals surface area (Å²) in [6, 6.07) is 15.5. The average molecular weight is 515 g/mol. The van der Waals surface area contributed by atoms with Crippen molar-refractivity contribution in [2.24, 2.45) is 0 Å². The Hall–Kier alpha value is -3.45. The standard InChI is InChI=1S/C29H31ClN6O/c1-20-11-13-22(14-12-20)29(37)35-17-15-34(16-18-35)27-23-19-31-36(25-10-6-5-9-24(25)30)28(23)33-26(32-27)21-7-3-2-4-8-21/h5-6,9-14,19,21H,2-4,7-8,15-18H2,1H3. The monoisotopic (exact) mass is 514 g/mol. The van der Waals surface area contributed by atoms with E-state index in [9.17, 15) is 4.79 Å². The first-order chi connectivity index (χ1) is 18.1. The van der Waals surface area contributed by atoms with Crippen LogP contribution in [0.3, 0.4) is 0 Å². The van der Waals surface area contributed by atoms with Crippen molar-refractivity contribution in [2.75, 3.05) is 31.1 Å². The number of hydrogen-bond acceptors (Lipinski definition) is 5. The second-order valence-electron chi connectivity index (χ2n) is 10.1. The highest BCUT2D eigenvalue weighted by atomic mass is 35.5. The molecule has 0 radical (unpaired) electrons. The molecule has 8 heteroatoms. The van der Waals surface area contributed by atoms with Crippen LogP contribution in [-0.4, -0.2) is 56.7 Å². The summed E-state index contributed by atoms with van der Waals surface area (Å²) in [6.07, 6.45) is 7.78. The van der Waals surface area contributed by atoms with Crippen LogP contribution in [0, 0.1) is 6.92 Å². The molecule has 0 N–H and O–H groups in total. The molecule has 1 aliphatic carbocycles. The number of piperazine rings is 1. The van der Waals surface area contributed by atoms with E-state index in [1.807, 2.05) is 71.2 Å². The molecule has 37 heavy (non-hydrogen) atoms. The highest BCUT2D eigenvalue weighted by Crippen LogP contribution is 2.35. The Kier molecular flexibility index (Phi) is 6.55. The fourth-order valence-corrected chi connectivity index (χ4v) is 5.71. The number of nitrogens with zero attached hydrogens (tertiary/aromatic N) is 6. The van der Waals surface area contributed by atoms with Crippen LogP contribution < -0.4 is 4.90 Å². The normalized spacial score (nSPS) is 16.9. The second-order valence-corrected chi connectivity index (χ2v) is 10.5. The predicted molar refractivity (Wildman–Crippen MR) is 147 cm³/mol. The van der Waals surface area contributed by atoms with Crippen molar-refractivity contribution in [3.05, 3.63) is 76.7 Å². The summed E-state index contributed by atoms with van der Waals surface area (Å²) in [5, 5.41) is 6.25. The van der Waals surface area contributed by atoms with E-state index >= 15 is 0 Å². The number of benzene rings is 2. The lowest BCUT2D eigenvalue weighted by Crippen LogP contribution is -2.49. The highest BCUT2D eigenvalue weighted by Gasteiger charge is 2.28. The summed E-state index contributed by atoms with van der Waals surface area (Å²) < 4.78 is 1.84. The smallest absolute Gasteiger partial charge is 0.253 e. The molecule has 190 valence electrons. The first-order valence-corrected chi connectivity index (χ1v) is 13.6. The number of para-hydroxylation sites is 1. The third-order valence-electron chi connectivity index (χ3n) is 7.64. The Morgan fingerprint density at radius 1 is 0.919 bits per heavy atom. The van der Waals surface area contributed by atoms with Crippen LogP contribution in [0.5, 0.6) is 0 Å². The van der Waals surface area contributed by atoms with Crippen molar-refractivity contribution < 1.29 is 4.79 Å². The van der Waals surface area contributed by atoms with Gasteiger partial charge < -0.3 is 9.80 Å². The van der Waals surface area contributed by atoms with Gasteiger partial charge in [-0.05, 0) is 44.0 Å². The van der Waals surface area contributed by atoms with Gasteiger partial charge in [-0.1, -0.05) is 60.7 Å². The van der Waals surface area contributed by atoms with Crippen LogP contribution >= 0.6 is 11.6 Å². The lowest BCUT2D eigenvalue weighted by Gasteiger charge is -2.36. The van der Waals surface area contributed by atoms with E-state index in [-0.39, 0.29) is 5.91 Å². The molecule has 1 aliphatic heterocycles. The molecule has 6 rings (SSSR count). The van der Waals surface area contributed by atoms with Gasteiger partial charge in [-0.3, -0.25) is 4.79 Å². The Bertz CT molecular complexity index is 1420. The number of carbonyl (C=O) groups is 1. The predicted octanol–water partition coefficient (Wildman–Crippen LogP) is 5.79. The molecule has 0 spiro atoms. The van der Waals surface area contributed by atoms with E-state index in [0.29, 0.717) is 37.1 Å². The fourth-order valence-electron chi connectivity index (χ4n) is 5.49. The zero-order valence-corrected chi connectivity index (χ0v) is 21.9. The highest BCUT2D eigenvalue weighted by molar-refractivity contribution is 6.32. The van der Waals surface area contributed by atoms with Crippen molar-refractivity contribution in [1.82, 2.24) is 24.6 Å². The van der Waals surface area contributed by atoms with Gasteiger partial charge in [-0.2, -0.15) is 5.10 Å². The third kappa shape index (κ3) is 4.68. The number of amides is 1. The van der Waals surface area contributed by atoms with Crippen molar-refractivity contribution in [3.63, 3.8) is 0 Å². The number of halogens is 1. The summed E-state index contributed by atoms with van der Waals surface area (Å²) in [4.78, 5) is 27.5. The van der Waals surface area contributed by atoms with Gasteiger partial charge in [0, 0.05) is 37.7 Å². The fraction of sp³-hybridized carbons (Fsp3) is 0.379. The molecule has 4 aromatic rings. The molecule has 2 aromatic heterocycles. The lowest BCUT2D eigenvalue weighted by molar-refractivity contribution is 0.0746. The molecular formula is C29H31ClN6O. The van der Waals surface area contributed by atoms with Crippen LogP contribution in [0.25, 0.3) is 16.7 Å². The lowest BCUT2D eigenvalue weighted by atomic mass is 9.88. The molecular weight excluding hydrogens is 484 g/mol. The summed E-state index contributed by atoms with van der Waals surface area (Å²) in [5.74, 6) is 2.25. The SMILES string of the molecule is Cc1ccc(C(=O)N2CCN(c3nc(C4CCCCC4)nc4c3cnn4-c3ccccc3Cl)CC2)cc1. The summed E-state index contributed by atoms with van der Waals surface area (Å²) in [6.45, 7) is 4.76. The number of anilines is 1. The average Bonchev–Trinajstić information content (AvgIpc) is 3.37. The Labute approximate surface area is 222 Å². The number of hydrogen-bond donors (Lipinski definition) is 0. The summed E-state index contributed by atoms with van der Waals surface area (Å²) in [7, 11) is 0. The maximum Gasteiger partial charge on any atom is 0.253 e. The van der Waals surface area contributed by atoms with Crippen LogP contribution in [0.2, 0.25) is 5.02 Å². The van der Waals surface area contributed by atoms with E-state index in [0.717, 1.165) is 52.3 Å². The number of carbonyl (C=O) groups excluding carboxylic acids is 1. The molecule has 1 amide bonds. The Morgan fingerprint density at radius 2 is 1.65 bits per heavy atom. The van der Waals surface area contributed by atoms with Crippen LogP contribution in [-0.2, 0) is 0 Å². The first kappa shape index (κ1) is 23.9. The van der Waals surface area contributed by atoms with Gasteiger partial charge in [0.2, 0.25) is 0 Å². The molecule has 0 bridgehead atoms. The zero-order chi connectivity index (χ0) is 25.4. The molecule has 0 atom stereocenters. The van der Waals surface area contributed by atoms with Gasteiger partial charge in [0.1, 0.15) is 11.6 Å². The van der Waals surface area contributed by atoms with E-state index in [1.165, 1.54) is 19.3 Å². The molecule has 1 saturated heterocycles. The number of aryl methyl sites for hydroxylation is 1. The van der Waals surface area contributed by atoms with Gasteiger partial charge in [0.05, 0.1) is 22.3 Å². The second kappa shape index (κ2) is 10.1. The third-order valence-corrected chi connectivity index (χ3v) is 7.96. The minimum Gasteiger partial charge on any atom is -0.352 e. The maximum atomic E-state index is 13.1. The minimum absolute atomic E-state index is 0.0851. The minimum atomic E-state index is 0.0851. The largest absolute Gasteiger partial charge is 0.352 e.